The van der Waals surface area contributed by atoms with Crippen LogP contribution in [0.1, 0.15) is 34.6 Å². The summed E-state index contributed by atoms with van der Waals surface area (Å²) in [4.78, 5) is 0. The second kappa shape index (κ2) is 105. The molecule has 0 unspecified atom stereocenters. The molecule has 0 aliphatic carbocycles. The van der Waals surface area contributed by atoms with E-state index < -0.39 is 0 Å². The van der Waals surface area contributed by atoms with Crippen LogP contribution < -0.4 is 20.4 Å². The van der Waals surface area contributed by atoms with Crippen LogP contribution in [0.5, 0.6) is 0 Å². The van der Waals surface area contributed by atoms with Crippen LogP contribution in [0, 0.1) is 0 Å². The maximum atomic E-state index is 8.93. The van der Waals surface area contributed by atoms with Gasteiger partial charge < -0.3 is 25.5 Å². The molecule has 0 atom stereocenters. The monoisotopic (exact) mass is 406 g/mol. The van der Waals surface area contributed by atoms with E-state index in [1.165, 1.54) is 0 Å². The molecule has 0 saturated heterocycles. The molecular weight excluding hydrogens is 379 g/mol. The molecule has 100 valence electrons. The zero-order valence-corrected chi connectivity index (χ0v) is 14.7. The minimum absolute atomic E-state index is 0. The number of hydrogen-bond acceptors (Lipinski definition) is 5. The predicted octanol–water partition coefficient (Wildman–Crippen LogP) is -2.54. The molecule has 5 nitrogen and oxygen atoms in total. The summed E-state index contributed by atoms with van der Waals surface area (Å²) in [5.41, 5.74) is 0. The molecule has 0 heterocycles. The van der Waals surface area contributed by atoms with Crippen molar-refractivity contribution in [3.05, 3.63) is 0 Å². The van der Waals surface area contributed by atoms with Crippen LogP contribution in [-0.2, 0) is 25.8 Å². The number of aliphatic hydroxyl groups is 1. The third kappa shape index (κ3) is 6100. The van der Waals surface area contributed by atoms with Crippen molar-refractivity contribution in [1.29, 1.82) is 0 Å². The first-order valence-corrected chi connectivity index (χ1v) is 5.01. The second-order valence-electron chi connectivity index (χ2n) is 1.47. The number of aliphatic hydroxyl groups excluding tert-OH is 1. The van der Waals surface area contributed by atoms with E-state index in [1.807, 2.05) is 0 Å². The molecule has 0 rings (SSSR count). The quantitative estimate of drug-likeness (QED) is 0.447. The molecule has 1 N–H and O–H groups in total. The fraction of sp³-hybridized carbons (Fsp3) is 1.00. The van der Waals surface area contributed by atoms with E-state index in [0.29, 0.717) is 0 Å². The maximum absolute atomic E-state index is 8.93. The normalized spacial score (nSPS) is 5.62. The van der Waals surface area contributed by atoms with Gasteiger partial charge in [0.1, 0.15) is 0 Å². The van der Waals surface area contributed by atoms with Crippen LogP contribution in [0.15, 0.2) is 0 Å². The Hall–Kier alpha value is 0.670. The van der Waals surface area contributed by atoms with E-state index >= 15 is 0 Å². The van der Waals surface area contributed by atoms with Crippen molar-refractivity contribution in [2.75, 3.05) is 33.0 Å². The van der Waals surface area contributed by atoms with Crippen LogP contribution in [-0.4, -0.2) is 38.1 Å². The largest absolute Gasteiger partial charge is 4.00 e. The van der Waals surface area contributed by atoms with Crippen molar-refractivity contribution >= 4 is 0 Å². The average Bonchev–Trinajstić information content (AvgIpc) is 2.09. The van der Waals surface area contributed by atoms with Gasteiger partial charge in [-0.1, -0.05) is 27.7 Å². The second-order valence-corrected chi connectivity index (χ2v) is 1.47. The predicted molar refractivity (Wildman–Crippen MR) is 54.9 cm³/mol. The molecule has 0 spiro atoms. The first-order valence-electron chi connectivity index (χ1n) is 5.01. The zero-order valence-electron chi connectivity index (χ0n) is 11.1. The summed E-state index contributed by atoms with van der Waals surface area (Å²) in [6.45, 7) is 8.21. The third-order valence-electron chi connectivity index (χ3n) is 0. The molecule has 0 aromatic carbocycles. The molecule has 6 heteroatoms. The van der Waals surface area contributed by atoms with Crippen LogP contribution in [0.2, 0.25) is 0 Å². The minimum atomic E-state index is 0. The smallest absolute Gasteiger partial charge is 0.855 e. The van der Waals surface area contributed by atoms with Gasteiger partial charge in [-0.2, -0.15) is 0 Å². The van der Waals surface area contributed by atoms with Gasteiger partial charge in [0.15, 0.2) is 0 Å². The molecule has 0 saturated carbocycles. The van der Waals surface area contributed by atoms with Gasteiger partial charge in [-0.05, 0) is 6.92 Å². The van der Waals surface area contributed by atoms with Crippen molar-refractivity contribution in [1.82, 2.24) is 0 Å². The Morgan fingerprint density at radius 3 is 0.625 bits per heavy atom. The van der Waals surface area contributed by atoms with Gasteiger partial charge in [0, 0.05) is 6.61 Å². The van der Waals surface area contributed by atoms with E-state index in [-0.39, 0.29) is 58.9 Å². The number of rotatable bonds is 0. The van der Waals surface area contributed by atoms with Crippen molar-refractivity contribution in [2.24, 2.45) is 0 Å². The van der Waals surface area contributed by atoms with E-state index in [4.69, 9.17) is 25.5 Å². The Kier molecular flexibility index (Phi) is 236. The summed E-state index contributed by atoms with van der Waals surface area (Å²) in [5.74, 6) is 0. The van der Waals surface area contributed by atoms with E-state index in [1.54, 1.807) is 34.6 Å². The molecule has 0 amide bonds. The van der Waals surface area contributed by atoms with Crippen molar-refractivity contribution < 1.29 is 51.4 Å². The van der Waals surface area contributed by atoms with Crippen LogP contribution in [0.3, 0.4) is 0 Å². The van der Waals surface area contributed by atoms with E-state index in [0.717, 1.165) is 0 Å². The van der Waals surface area contributed by atoms with E-state index in [2.05, 4.69) is 0 Å². The summed E-state index contributed by atoms with van der Waals surface area (Å²) in [6, 6.07) is 0. The number of hydrogen-bond donors (Lipinski definition) is 1. The van der Waals surface area contributed by atoms with Crippen molar-refractivity contribution in [3.63, 3.8) is 0 Å². The minimum Gasteiger partial charge on any atom is -0.855 e. The molecule has 0 aromatic rings. The Balaban J connectivity index is -0.0000000192. The molecular formula is C10H26HfO5. The summed E-state index contributed by atoms with van der Waals surface area (Å²) >= 11 is 0. The SMILES string of the molecule is CCO.CC[O-].CC[O-].CC[O-].CC[O-].[Hf+4]. The zero-order chi connectivity index (χ0) is 13.5. The topological polar surface area (TPSA) is 112 Å². The van der Waals surface area contributed by atoms with Gasteiger partial charge in [0.25, 0.3) is 0 Å². The fourth-order valence-corrected chi connectivity index (χ4v) is 0. The summed E-state index contributed by atoms with van der Waals surface area (Å²) in [6.07, 6.45) is 0. The average molecular weight is 405 g/mol. The Morgan fingerprint density at radius 1 is 0.625 bits per heavy atom. The van der Waals surface area contributed by atoms with Crippen LogP contribution >= 0.6 is 0 Å². The fourth-order valence-electron chi connectivity index (χ4n) is 0. The molecule has 0 bridgehead atoms. The van der Waals surface area contributed by atoms with Gasteiger partial charge in [-0.15, -0.1) is 26.4 Å². The standard InChI is InChI=1S/C2H6O.4C2H5O.Hf/c5*1-2-3;/h3H,2H2,1H3;4*2H2,1H3;/q;4*-1;+4. The van der Waals surface area contributed by atoms with Gasteiger partial charge >= 0.3 is 25.8 Å². The first-order chi connectivity index (χ1) is 7.07. The summed E-state index contributed by atoms with van der Waals surface area (Å²) < 4.78 is 0. The molecule has 16 heavy (non-hydrogen) atoms. The summed E-state index contributed by atoms with van der Waals surface area (Å²) in [5, 5.41) is 43.3. The van der Waals surface area contributed by atoms with Gasteiger partial charge in [-0.25, -0.2) is 0 Å². The van der Waals surface area contributed by atoms with Gasteiger partial charge in [0.2, 0.25) is 0 Å². The summed E-state index contributed by atoms with van der Waals surface area (Å²) in [7, 11) is 0. The molecule has 0 aromatic heterocycles. The maximum Gasteiger partial charge on any atom is 4.00 e. The first kappa shape index (κ1) is 36.0. The van der Waals surface area contributed by atoms with Gasteiger partial charge in [0.05, 0.1) is 0 Å². The third-order valence-corrected chi connectivity index (χ3v) is 0. The Bertz CT molecular complexity index is 30.8. The van der Waals surface area contributed by atoms with Crippen LogP contribution in [0.25, 0.3) is 0 Å². The Labute approximate surface area is 119 Å². The van der Waals surface area contributed by atoms with E-state index in [9.17, 15) is 0 Å². The molecule has 0 aliphatic heterocycles. The molecule has 0 radical (unpaired) electrons. The molecule has 0 aliphatic rings. The van der Waals surface area contributed by atoms with Gasteiger partial charge in [-0.3, -0.25) is 0 Å². The van der Waals surface area contributed by atoms with Crippen molar-refractivity contribution in [2.45, 2.75) is 34.6 Å². The van der Waals surface area contributed by atoms with Crippen molar-refractivity contribution in [3.8, 4) is 0 Å². The van der Waals surface area contributed by atoms with Crippen LogP contribution in [0.4, 0.5) is 0 Å². The molecule has 0 fully saturated rings. The Morgan fingerprint density at radius 2 is 0.625 bits per heavy atom.